The van der Waals surface area contributed by atoms with Crippen molar-refractivity contribution in [1.82, 2.24) is 20.3 Å². The molecule has 0 aliphatic carbocycles. The van der Waals surface area contributed by atoms with Crippen molar-refractivity contribution < 1.29 is 4.79 Å². The van der Waals surface area contributed by atoms with Gasteiger partial charge >= 0.3 is 0 Å². The molecular formula is C16H21N5O. The molecule has 116 valence electrons. The SMILES string of the molecule is CCCCCNC(=O)c1cnc(NCc2ccncc2)cn1. The van der Waals surface area contributed by atoms with Gasteiger partial charge in [-0.3, -0.25) is 9.78 Å². The number of unbranched alkanes of at least 4 members (excludes halogenated alkanes) is 2. The van der Waals surface area contributed by atoms with Crippen LogP contribution in [0.2, 0.25) is 0 Å². The van der Waals surface area contributed by atoms with E-state index in [0.29, 0.717) is 24.6 Å². The lowest BCUT2D eigenvalue weighted by atomic mass is 10.2. The van der Waals surface area contributed by atoms with Gasteiger partial charge in [0.25, 0.3) is 5.91 Å². The number of pyridine rings is 1. The average Bonchev–Trinajstić information content (AvgIpc) is 2.58. The van der Waals surface area contributed by atoms with Gasteiger partial charge in [0.15, 0.2) is 0 Å². The first-order chi connectivity index (χ1) is 10.8. The first-order valence-corrected chi connectivity index (χ1v) is 7.52. The van der Waals surface area contributed by atoms with E-state index in [2.05, 4.69) is 32.5 Å². The standard InChI is InChI=1S/C16H21N5O/c1-2-3-4-7-18-16(22)14-11-21-15(12-19-14)20-10-13-5-8-17-9-6-13/h5-6,8-9,11-12H,2-4,7,10H2,1H3,(H,18,22)(H,20,21). The van der Waals surface area contributed by atoms with Crippen molar-refractivity contribution in [2.45, 2.75) is 32.7 Å². The van der Waals surface area contributed by atoms with Crippen molar-refractivity contribution in [3.05, 3.63) is 48.2 Å². The zero-order valence-corrected chi connectivity index (χ0v) is 12.7. The summed E-state index contributed by atoms with van der Waals surface area (Å²) in [6.07, 6.45) is 9.79. The maximum Gasteiger partial charge on any atom is 0.271 e. The number of rotatable bonds is 8. The number of carbonyl (C=O) groups excluding carboxylic acids is 1. The molecule has 2 N–H and O–H groups in total. The van der Waals surface area contributed by atoms with Gasteiger partial charge in [-0.15, -0.1) is 0 Å². The van der Waals surface area contributed by atoms with Gasteiger partial charge in [0.2, 0.25) is 0 Å². The molecule has 0 bridgehead atoms. The molecule has 22 heavy (non-hydrogen) atoms. The topological polar surface area (TPSA) is 79.8 Å². The van der Waals surface area contributed by atoms with Crippen molar-refractivity contribution in [1.29, 1.82) is 0 Å². The van der Waals surface area contributed by atoms with Crippen molar-refractivity contribution in [3.63, 3.8) is 0 Å². The molecule has 0 aliphatic rings. The molecule has 0 unspecified atom stereocenters. The van der Waals surface area contributed by atoms with Crippen LogP contribution in [0.1, 0.15) is 42.2 Å². The van der Waals surface area contributed by atoms with Gasteiger partial charge in [0.1, 0.15) is 11.5 Å². The highest BCUT2D eigenvalue weighted by Crippen LogP contribution is 2.05. The van der Waals surface area contributed by atoms with Crippen LogP contribution in [0.4, 0.5) is 5.82 Å². The molecular weight excluding hydrogens is 278 g/mol. The highest BCUT2D eigenvalue weighted by Gasteiger charge is 2.07. The molecule has 0 aliphatic heterocycles. The minimum atomic E-state index is -0.177. The second kappa shape index (κ2) is 8.71. The zero-order chi connectivity index (χ0) is 15.6. The number of hydrogen-bond donors (Lipinski definition) is 2. The van der Waals surface area contributed by atoms with Crippen LogP contribution in [0, 0.1) is 0 Å². The second-order valence-corrected chi connectivity index (χ2v) is 4.96. The minimum Gasteiger partial charge on any atom is -0.365 e. The first kappa shape index (κ1) is 15.9. The Balaban J connectivity index is 1.81. The summed E-state index contributed by atoms with van der Waals surface area (Å²) >= 11 is 0. The fraction of sp³-hybridized carbons (Fsp3) is 0.375. The quantitative estimate of drug-likeness (QED) is 0.732. The predicted molar refractivity (Wildman–Crippen MR) is 85.5 cm³/mol. The predicted octanol–water partition coefficient (Wildman–Crippen LogP) is 2.40. The summed E-state index contributed by atoms with van der Waals surface area (Å²) in [5.41, 5.74) is 1.44. The maximum absolute atomic E-state index is 11.9. The van der Waals surface area contributed by atoms with Crippen molar-refractivity contribution >= 4 is 11.7 Å². The van der Waals surface area contributed by atoms with Crippen LogP contribution in [-0.2, 0) is 6.54 Å². The van der Waals surface area contributed by atoms with Crippen LogP contribution in [0.3, 0.4) is 0 Å². The van der Waals surface area contributed by atoms with Gasteiger partial charge in [0.05, 0.1) is 12.4 Å². The molecule has 0 spiro atoms. The highest BCUT2D eigenvalue weighted by atomic mass is 16.1. The monoisotopic (exact) mass is 299 g/mol. The maximum atomic E-state index is 11.9. The molecule has 2 rings (SSSR count). The molecule has 2 aromatic rings. The number of carbonyl (C=O) groups is 1. The van der Waals surface area contributed by atoms with E-state index >= 15 is 0 Å². The summed E-state index contributed by atoms with van der Waals surface area (Å²) in [6, 6.07) is 3.86. The van der Waals surface area contributed by atoms with Crippen LogP contribution in [0.15, 0.2) is 36.9 Å². The third-order valence-electron chi connectivity index (χ3n) is 3.17. The molecule has 0 atom stereocenters. The molecule has 1 amide bonds. The molecule has 6 nitrogen and oxygen atoms in total. The van der Waals surface area contributed by atoms with Crippen molar-refractivity contribution in [2.75, 3.05) is 11.9 Å². The molecule has 0 radical (unpaired) electrons. The van der Waals surface area contributed by atoms with E-state index in [9.17, 15) is 4.79 Å². The largest absolute Gasteiger partial charge is 0.365 e. The van der Waals surface area contributed by atoms with E-state index in [4.69, 9.17) is 0 Å². The Bertz CT molecular complexity index is 571. The summed E-state index contributed by atoms with van der Waals surface area (Å²) in [7, 11) is 0. The fourth-order valence-electron chi connectivity index (χ4n) is 1.90. The summed E-state index contributed by atoms with van der Waals surface area (Å²) < 4.78 is 0. The van der Waals surface area contributed by atoms with E-state index in [-0.39, 0.29) is 5.91 Å². The number of aromatic nitrogens is 3. The number of nitrogens with one attached hydrogen (secondary N) is 2. The van der Waals surface area contributed by atoms with Gasteiger partial charge in [0, 0.05) is 25.5 Å². The van der Waals surface area contributed by atoms with Crippen LogP contribution in [0.25, 0.3) is 0 Å². The molecule has 2 heterocycles. The Morgan fingerprint density at radius 3 is 2.64 bits per heavy atom. The summed E-state index contributed by atoms with van der Waals surface area (Å²) in [4.78, 5) is 24.2. The normalized spacial score (nSPS) is 10.2. The minimum absolute atomic E-state index is 0.177. The Labute approximate surface area is 130 Å². The van der Waals surface area contributed by atoms with Gasteiger partial charge in [-0.25, -0.2) is 9.97 Å². The van der Waals surface area contributed by atoms with Gasteiger partial charge < -0.3 is 10.6 Å². The number of nitrogens with zero attached hydrogens (tertiary/aromatic N) is 3. The Morgan fingerprint density at radius 2 is 1.95 bits per heavy atom. The average molecular weight is 299 g/mol. The molecule has 0 saturated carbocycles. The summed E-state index contributed by atoms with van der Waals surface area (Å²) in [6.45, 7) is 3.45. The van der Waals surface area contributed by atoms with Gasteiger partial charge in [-0.1, -0.05) is 19.8 Å². The van der Waals surface area contributed by atoms with Crippen molar-refractivity contribution in [2.24, 2.45) is 0 Å². The van der Waals surface area contributed by atoms with E-state index in [0.717, 1.165) is 24.8 Å². The van der Waals surface area contributed by atoms with Gasteiger partial charge in [-0.2, -0.15) is 0 Å². The highest BCUT2D eigenvalue weighted by molar-refractivity contribution is 5.91. The summed E-state index contributed by atoms with van der Waals surface area (Å²) in [5, 5.41) is 6.00. The molecule has 0 aromatic carbocycles. The third-order valence-corrected chi connectivity index (χ3v) is 3.17. The second-order valence-electron chi connectivity index (χ2n) is 4.96. The number of hydrogen-bond acceptors (Lipinski definition) is 5. The molecule has 2 aromatic heterocycles. The smallest absolute Gasteiger partial charge is 0.271 e. The van der Waals surface area contributed by atoms with E-state index in [1.54, 1.807) is 18.6 Å². The Hall–Kier alpha value is -2.50. The summed E-state index contributed by atoms with van der Waals surface area (Å²) in [5.74, 6) is 0.462. The number of amides is 1. The van der Waals surface area contributed by atoms with E-state index < -0.39 is 0 Å². The lowest BCUT2D eigenvalue weighted by Gasteiger charge is -2.06. The van der Waals surface area contributed by atoms with Crippen LogP contribution in [0.5, 0.6) is 0 Å². The zero-order valence-electron chi connectivity index (χ0n) is 12.7. The van der Waals surface area contributed by atoms with Crippen LogP contribution < -0.4 is 10.6 Å². The van der Waals surface area contributed by atoms with Crippen molar-refractivity contribution in [3.8, 4) is 0 Å². The number of anilines is 1. The van der Waals surface area contributed by atoms with Gasteiger partial charge in [-0.05, 0) is 24.1 Å². The lowest BCUT2D eigenvalue weighted by Crippen LogP contribution is -2.25. The van der Waals surface area contributed by atoms with E-state index in [1.807, 2.05) is 12.1 Å². The van der Waals surface area contributed by atoms with Crippen LogP contribution >= 0.6 is 0 Å². The molecule has 0 fully saturated rings. The Morgan fingerprint density at radius 1 is 1.14 bits per heavy atom. The van der Waals surface area contributed by atoms with E-state index in [1.165, 1.54) is 6.20 Å². The Kier molecular flexibility index (Phi) is 6.29. The first-order valence-electron chi connectivity index (χ1n) is 7.52. The molecule has 0 saturated heterocycles. The lowest BCUT2D eigenvalue weighted by molar-refractivity contribution is 0.0947. The van der Waals surface area contributed by atoms with Crippen LogP contribution in [-0.4, -0.2) is 27.4 Å². The third kappa shape index (κ3) is 5.12. The molecule has 6 heteroatoms. The fourth-order valence-corrected chi connectivity index (χ4v) is 1.90.